The van der Waals surface area contributed by atoms with Gasteiger partial charge in [-0.25, -0.2) is 4.79 Å². The number of likely N-dealkylation sites (tertiary alicyclic amines) is 1. The largest absolute Gasteiger partial charge is 0.376 e. The Morgan fingerprint density at radius 3 is 2.24 bits per heavy atom. The van der Waals surface area contributed by atoms with Crippen LogP contribution in [-0.2, 0) is 29.2 Å². The number of carbonyl (C=O) groups excluding carboxylic acids is 2. The minimum Gasteiger partial charge on any atom is -0.376 e. The number of hydrogen-bond donors (Lipinski definition) is 2. The van der Waals surface area contributed by atoms with Crippen molar-refractivity contribution < 1.29 is 14.3 Å². The molecule has 10 heteroatoms. The summed E-state index contributed by atoms with van der Waals surface area (Å²) in [6.07, 6.45) is 3.62. The highest BCUT2D eigenvalue weighted by atomic mass is 16.5. The number of piperidine rings is 1. The highest BCUT2D eigenvalue weighted by molar-refractivity contribution is 5.94. The number of benzene rings is 3. The summed E-state index contributed by atoms with van der Waals surface area (Å²) in [5.41, 5.74) is 1.94. The van der Waals surface area contributed by atoms with Crippen molar-refractivity contribution in [3.63, 3.8) is 0 Å². The zero-order valence-corrected chi connectivity index (χ0v) is 25.3. The van der Waals surface area contributed by atoms with Crippen molar-refractivity contribution in [3.05, 3.63) is 116 Å². The van der Waals surface area contributed by atoms with Gasteiger partial charge < -0.3 is 15.4 Å². The lowest BCUT2D eigenvalue weighted by atomic mass is 10.0. The van der Waals surface area contributed by atoms with Crippen molar-refractivity contribution in [2.45, 2.75) is 57.5 Å². The van der Waals surface area contributed by atoms with E-state index in [0.29, 0.717) is 35.2 Å². The SMILES string of the molecule is O=C(Cn1c(=O)n(Cc2ccc(C(=O)NC3CCN(Cc4ccccc4)CC3)cc2)c(=O)c2ccccc21)NC[C@H]1CCCO1. The van der Waals surface area contributed by atoms with Gasteiger partial charge in [0.05, 0.1) is 23.6 Å². The predicted octanol–water partition coefficient (Wildman–Crippen LogP) is 2.90. The van der Waals surface area contributed by atoms with Crippen LogP contribution in [0.15, 0.2) is 88.5 Å². The smallest absolute Gasteiger partial charge is 0.332 e. The lowest BCUT2D eigenvalue weighted by Gasteiger charge is -2.32. The maximum atomic E-state index is 13.6. The molecule has 2 amide bonds. The van der Waals surface area contributed by atoms with Crippen LogP contribution >= 0.6 is 0 Å². The van der Waals surface area contributed by atoms with E-state index in [1.54, 1.807) is 48.5 Å². The third-order valence-corrected chi connectivity index (χ3v) is 8.71. The van der Waals surface area contributed by atoms with Gasteiger partial charge in [-0.15, -0.1) is 0 Å². The number of rotatable bonds is 10. The standard InChI is InChI=1S/C35H39N5O5/c41-32(36-21-29-9-6-20-45-29)24-39-31-11-5-4-10-30(31)34(43)40(35(39)44)23-26-12-14-27(15-13-26)33(42)37-28-16-18-38(19-17-28)22-25-7-2-1-3-8-25/h1-5,7-8,10-15,28-29H,6,9,16-24H2,(H,36,41)(H,37,42)/t29-/m1/s1. The molecule has 10 nitrogen and oxygen atoms in total. The fraction of sp³-hybridized carbons (Fsp3) is 0.371. The maximum Gasteiger partial charge on any atom is 0.332 e. The number of aromatic nitrogens is 2. The van der Waals surface area contributed by atoms with Gasteiger partial charge in [0.15, 0.2) is 0 Å². The highest BCUT2D eigenvalue weighted by Gasteiger charge is 2.22. The molecule has 4 aromatic rings. The molecule has 2 aliphatic heterocycles. The second kappa shape index (κ2) is 14.0. The van der Waals surface area contributed by atoms with E-state index in [2.05, 4.69) is 39.8 Å². The normalized spacial score (nSPS) is 17.4. The molecule has 1 atom stereocenters. The van der Waals surface area contributed by atoms with Gasteiger partial charge in [-0.2, -0.15) is 0 Å². The Labute approximate surface area is 261 Å². The van der Waals surface area contributed by atoms with Crippen LogP contribution in [0.5, 0.6) is 0 Å². The first kappa shape index (κ1) is 30.5. The molecule has 2 aliphatic rings. The van der Waals surface area contributed by atoms with Gasteiger partial charge in [0.1, 0.15) is 6.54 Å². The first-order valence-electron chi connectivity index (χ1n) is 15.7. The van der Waals surface area contributed by atoms with Crippen molar-refractivity contribution in [2.75, 3.05) is 26.2 Å². The Kier molecular flexibility index (Phi) is 9.52. The molecule has 2 N–H and O–H groups in total. The number of carbonyl (C=O) groups is 2. The minimum atomic E-state index is -0.564. The molecule has 0 radical (unpaired) electrons. The Balaban J connectivity index is 1.10. The number of amides is 2. The molecule has 1 aromatic heterocycles. The molecule has 2 fully saturated rings. The molecule has 0 saturated carbocycles. The molecule has 0 aliphatic carbocycles. The molecule has 0 unspecified atom stereocenters. The summed E-state index contributed by atoms with van der Waals surface area (Å²) in [6.45, 7) is 3.64. The van der Waals surface area contributed by atoms with Gasteiger partial charge in [-0.3, -0.25) is 28.4 Å². The average molecular weight is 610 g/mol. The van der Waals surface area contributed by atoms with Crippen LogP contribution in [0.25, 0.3) is 10.9 Å². The van der Waals surface area contributed by atoms with Crippen LogP contribution < -0.4 is 21.9 Å². The molecule has 3 heterocycles. The molecule has 0 spiro atoms. The van der Waals surface area contributed by atoms with E-state index in [0.717, 1.165) is 49.9 Å². The van der Waals surface area contributed by atoms with E-state index in [1.807, 2.05) is 6.07 Å². The second-order valence-electron chi connectivity index (χ2n) is 11.9. The molecule has 0 bridgehead atoms. The van der Waals surface area contributed by atoms with Crippen LogP contribution in [0, 0.1) is 0 Å². The monoisotopic (exact) mass is 609 g/mol. The first-order valence-corrected chi connectivity index (χ1v) is 15.7. The maximum absolute atomic E-state index is 13.6. The lowest BCUT2D eigenvalue weighted by molar-refractivity contribution is -0.122. The van der Waals surface area contributed by atoms with Crippen molar-refractivity contribution in [3.8, 4) is 0 Å². The Hall–Kier alpha value is -4.54. The van der Waals surface area contributed by atoms with Crippen molar-refractivity contribution in [2.24, 2.45) is 0 Å². The number of fused-ring (bicyclic) bond motifs is 1. The number of nitrogens with zero attached hydrogens (tertiary/aromatic N) is 3. The number of ether oxygens (including phenoxy) is 1. The topological polar surface area (TPSA) is 115 Å². The minimum absolute atomic E-state index is 0.0145. The number of para-hydroxylation sites is 1. The Bertz CT molecular complexity index is 1750. The van der Waals surface area contributed by atoms with E-state index in [9.17, 15) is 19.2 Å². The zero-order chi connectivity index (χ0) is 31.2. The third-order valence-electron chi connectivity index (χ3n) is 8.71. The van der Waals surface area contributed by atoms with Gasteiger partial charge in [0.2, 0.25) is 5.91 Å². The van der Waals surface area contributed by atoms with Crippen LogP contribution in [0.3, 0.4) is 0 Å². The van der Waals surface area contributed by atoms with Crippen molar-refractivity contribution in [1.29, 1.82) is 0 Å². The lowest BCUT2D eigenvalue weighted by Crippen LogP contribution is -2.44. The number of nitrogens with one attached hydrogen (secondary N) is 2. The molecule has 45 heavy (non-hydrogen) atoms. The van der Waals surface area contributed by atoms with Gasteiger partial charge in [0.25, 0.3) is 11.5 Å². The van der Waals surface area contributed by atoms with Crippen LogP contribution in [0.4, 0.5) is 0 Å². The van der Waals surface area contributed by atoms with E-state index < -0.39 is 11.2 Å². The zero-order valence-electron chi connectivity index (χ0n) is 25.3. The first-order chi connectivity index (χ1) is 21.9. The summed E-state index contributed by atoms with van der Waals surface area (Å²) in [6, 6.07) is 24.3. The van der Waals surface area contributed by atoms with Crippen LogP contribution in [0.2, 0.25) is 0 Å². The average Bonchev–Trinajstić information content (AvgIpc) is 3.60. The van der Waals surface area contributed by atoms with Crippen molar-refractivity contribution >= 4 is 22.7 Å². The van der Waals surface area contributed by atoms with E-state index in [-0.39, 0.29) is 37.0 Å². The van der Waals surface area contributed by atoms with Gasteiger partial charge >= 0.3 is 5.69 Å². The summed E-state index contributed by atoms with van der Waals surface area (Å²) in [5.74, 6) is -0.456. The van der Waals surface area contributed by atoms with Gasteiger partial charge in [0, 0.05) is 44.4 Å². The summed E-state index contributed by atoms with van der Waals surface area (Å²) >= 11 is 0. The van der Waals surface area contributed by atoms with E-state index >= 15 is 0 Å². The van der Waals surface area contributed by atoms with E-state index in [4.69, 9.17) is 4.74 Å². The van der Waals surface area contributed by atoms with Crippen LogP contribution in [0.1, 0.15) is 47.2 Å². The van der Waals surface area contributed by atoms with E-state index in [1.165, 1.54) is 10.1 Å². The Morgan fingerprint density at radius 2 is 1.51 bits per heavy atom. The molecule has 6 rings (SSSR count). The molecular formula is C35H39N5O5. The Morgan fingerprint density at radius 1 is 0.800 bits per heavy atom. The molecular weight excluding hydrogens is 570 g/mol. The van der Waals surface area contributed by atoms with Gasteiger partial charge in [-0.1, -0.05) is 54.6 Å². The number of hydrogen-bond acceptors (Lipinski definition) is 6. The summed E-state index contributed by atoms with van der Waals surface area (Å²) in [5, 5.41) is 6.37. The predicted molar refractivity (Wildman–Crippen MR) is 172 cm³/mol. The van der Waals surface area contributed by atoms with Crippen LogP contribution in [-0.4, -0.2) is 64.2 Å². The highest BCUT2D eigenvalue weighted by Crippen LogP contribution is 2.16. The molecule has 2 saturated heterocycles. The van der Waals surface area contributed by atoms with Crippen molar-refractivity contribution in [1.82, 2.24) is 24.7 Å². The molecule has 3 aromatic carbocycles. The molecule has 234 valence electrons. The third kappa shape index (κ3) is 7.41. The second-order valence-corrected chi connectivity index (χ2v) is 11.9. The summed E-state index contributed by atoms with van der Waals surface area (Å²) < 4.78 is 8.07. The fourth-order valence-corrected chi connectivity index (χ4v) is 6.19. The quantitative estimate of drug-likeness (QED) is 0.286. The fourth-order valence-electron chi connectivity index (χ4n) is 6.19. The van der Waals surface area contributed by atoms with Gasteiger partial charge in [-0.05, 0) is 61.1 Å². The summed E-state index contributed by atoms with van der Waals surface area (Å²) in [7, 11) is 0. The summed E-state index contributed by atoms with van der Waals surface area (Å²) in [4.78, 5) is 55.2.